The number of rotatable bonds is 1. The first-order valence-corrected chi connectivity index (χ1v) is 8.86. The summed E-state index contributed by atoms with van der Waals surface area (Å²) in [4.78, 5) is 38.0. The molecule has 3 atom stereocenters. The van der Waals surface area contributed by atoms with Crippen molar-refractivity contribution in [3.05, 3.63) is 22.8 Å². The van der Waals surface area contributed by atoms with Gasteiger partial charge in [0.2, 0.25) is 5.78 Å². The van der Waals surface area contributed by atoms with Gasteiger partial charge >= 0.3 is 11.9 Å². The highest BCUT2D eigenvalue weighted by molar-refractivity contribution is 6.07. The molecule has 3 aliphatic rings. The third-order valence-corrected chi connectivity index (χ3v) is 6.26. The van der Waals surface area contributed by atoms with Crippen LogP contribution in [0.3, 0.4) is 0 Å². The van der Waals surface area contributed by atoms with Crippen molar-refractivity contribution in [2.45, 2.75) is 58.5 Å². The average Bonchev–Trinajstić information content (AvgIpc) is 2.77. The quantitative estimate of drug-likeness (QED) is 0.613. The Balaban J connectivity index is 2.09. The molecule has 138 valence electrons. The van der Waals surface area contributed by atoms with Gasteiger partial charge < -0.3 is 14.6 Å². The number of phenols is 1. The summed E-state index contributed by atoms with van der Waals surface area (Å²) in [6.07, 6.45) is -0.888. The number of carbonyl (C=O) groups is 3. The van der Waals surface area contributed by atoms with E-state index in [-0.39, 0.29) is 29.6 Å². The van der Waals surface area contributed by atoms with E-state index in [0.717, 1.165) is 0 Å². The van der Waals surface area contributed by atoms with E-state index in [9.17, 15) is 19.5 Å². The van der Waals surface area contributed by atoms with Crippen LogP contribution in [0.1, 0.15) is 68.4 Å². The number of hydrogen-bond donors (Lipinski definition) is 1. The topological polar surface area (TPSA) is 89.9 Å². The number of Topliss-reactive ketones (excluding diaryl/α,β-unsaturated/α-hetero) is 1. The summed E-state index contributed by atoms with van der Waals surface area (Å²) in [6, 6.07) is 1.66. The fourth-order valence-electron chi connectivity index (χ4n) is 5.10. The molecule has 0 aromatic heterocycles. The van der Waals surface area contributed by atoms with Crippen LogP contribution >= 0.6 is 0 Å². The first-order valence-electron chi connectivity index (χ1n) is 8.86. The zero-order valence-electron chi connectivity index (χ0n) is 15.5. The lowest BCUT2D eigenvalue weighted by molar-refractivity contribution is -0.146. The molecule has 0 unspecified atom stereocenters. The van der Waals surface area contributed by atoms with E-state index in [1.165, 1.54) is 0 Å². The van der Waals surface area contributed by atoms with E-state index in [0.29, 0.717) is 16.7 Å². The van der Waals surface area contributed by atoms with Gasteiger partial charge in [-0.3, -0.25) is 14.4 Å². The standard InChI is InChI=1S/C20H22O6/c1-8(2)9-6-10-12-15(13(9)22)25-11(21)7-20(12,5)17-16(14(10)23)26-18(24)19(17,3)4/h6,8,16-17,22H,7H2,1-5H3/t16-,17+,20+/m0/s1. The summed E-state index contributed by atoms with van der Waals surface area (Å²) < 4.78 is 10.9. The number of benzene rings is 1. The summed E-state index contributed by atoms with van der Waals surface area (Å²) in [5.74, 6) is -1.83. The molecule has 2 heterocycles. The monoisotopic (exact) mass is 358 g/mol. The normalized spacial score (nSPS) is 31.4. The van der Waals surface area contributed by atoms with Crippen molar-refractivity contribution in [1.29, 1.82) is 0 Å². The van der Waals surface area contributed by atoms with Gasteiger partial charge in [-0.25, -0.2) is 0 Å². The molecule has 1 aromatic rings. The lowest BCUT2D eigenvalue weighted by Crippen LogP contribution is -2.54. The van der Waals surface area contributed by atoms with Gasteiger partial charge in [0.1, 0.15) is 0 Å². The summed E-state index contributed by atoms with van der Waals surface area (Å²) in [5, 5.41) is 10.7. The summed E-state index contributed by atoms with van der Waals surface area (Å²) in [7, 11) is 0. The molecule has 1 aromatic carbocycles. The molecule has 1 N–H and O–H groups in total. The van der Waals surface area contributed by atoms with Crippen LogP contribution in [0.2, 0.25) is 0 Å². The van der Waals surface area contributed by atoms with Gasteiger partial charge in [0.15, 0.2) is 17.6 Å². The van der Waals surface area contributed by atoms with Gasteiger partial charge in [-0.05, 0) is 25.8 Å². The molecule has 1 fully saturated rings. The van der Waals surface area contributed by atoms with Gasteiger partial charge in [0, 0.05) is 28.0 Å². The van der Waals surface area contributed by atoms with Crippen LogP contribution in [-0.2, 0) is 19.7 Å². The van der Waals surface area contributed by atoms with E-state index in [2.05, 4.69) is 0 Å². The molecule has 0 bridgehead atoms. The summed E-state index contributed by atoms with van der Waals surface area (Å²) in [6.45, 7) is 9.11. The van der Waals surface area contributed by atoms with Gasteiger partial charge in [0.25, 0.3) is 0 Å². The van der Waals surface area contributed by atoms with Crippen LogP contribution in [-0.4, -0.2) is 28.9 Å². The predicted octanol–water partition coefficient (Wildman–Crippen LogP) is 2.85. The number of hydrogen-bond acceptors (Lipinski definition) is 6. The fraction of sp³-hybridized carbons (Fsp3) is 0.550. The van der Waals surface area contributed by atoms with Crippen molar-refractivity contribution in [2.24, 2.45) is 11.3 Å². The van der Waals surface area contributed by atoms with E-state index in [1.54, 1.807) is 19.9 Å². The summed E-state index contributed by atoms with van der Waals surface area (Å²) in [5.41, 5.74) is -0.319. The number of fused-ring (bicyclic) bond motifs is 2. The molecule has 4 rings (SSSR count). The molecule has 0 radical (unpaired) electrons. The molecule has 1 aliphatic carbocycles. The highest BCUT2D eigenvalue weighted by Crippen LogP contribution is 2.61. The minimum atomic E-state index is -0.923. The first kappa shape index (κ1) is 17.1. The van der Waals surface area contributed by atoms with Crippen molar-refractivity contribution in [3.63, 3.8) is 0 Å². The second-order valence-electron chi connectivity index (χ2n) is 8.68. The lowest BCUT2D eigenvalue weighted by atomic mass is 9.54. The van der Waals surface area contributed by atoms with Crippen LogP contribution < -0.4 is 4.74 Å². The third kappa shape index (κ3) is 1.85. The Bertz CT molecular complexity index is 881. The Kier molecular flexibility index (Phi) is 3.20. The minimum absolute atomic E-state index is 0.0297. The molecular weight excluding hydrogens is 336 g/mol. The number of aromatic hydroxyl groups is 1. The molecule has 6 nitrogen and oxygen atoms in total. The Hall–Kier alpha value is -2.37. The largest absolute Gasteiger partial charge is 0.504 e. The number of phenolic OH excluding ortho intramolecular Hbond substituents is 1. The van der Waals surface area contributed by atoms with E-state index in [1.807, 2.05) is 20.8 Å². The zero-order chi connectivity index (χ0) is 19.2. The number of carbonyl (C=O) groups excluding carboxylic acids is 3. The molecule has 26 heavy (non-hydrogen) atoms. The first-order chi connectivity index (χ1) is 12.0. The number of ketones is 1. The van der Waals surface area contributed by atoms with E-state index in [4.69, 9.17) is 9.47 Å². The molecule has 1 saturated heterocycles. The summed E-state index contributed by atoms with van der Waals surface area (Å²) >= 11 is 0. The van der Waals surface area contributed by atoms with E-state index >= 15 is 0 Å². The number of esters is 2. The molecular formula is C20H22O6. The van der Waals surface area contributed by atoms with Gasteiger partial charge in [-0.15, -0.1) is 0 Å². The highest BCUT2D eigenvalue weighted by atomic mass is 16.6. The molecule has 6 heteroatoms. The maximum Gasteiger partial charge on any atom is 0.312 e. The van der Waals surface area contributed by atoms with E-state index < -0.39 is 34.8 Å². The fourth-order valence-corrected chi connectivity index (χ4v) is 5.10. The second kappa shape index (κ2) is 4.87. The maximum absolute atomic E-state index is 13.2. The predicted molar refractivity (Wildman–Crippen MR) is 91.3 cm³/mol. The van der Waals surface area contributed by atoms with Gasteiger partial charge in [0.05, 0.1) is 11.8 Å². The van der Waals surface area contributed by atoms with Crippen LogP contribution in [0.25, 0.3) is 0 Å². The van der Waals surface area contributed by atoms with Crippen molar-refractivity contribution >= 4 is 17.7 Å². The Labute approximate surface area is 151 Å². The molecule has 0 saturated carbocycles. The maximum atomic E-state index is 13.2. The van der Waals surface area contributed by atoms with Crippen molar-refractivity contribution in [1.82, 2.24) is 0 Å². The van der Waals surface area contributed by atoms with Crippen LogP contribution in [0, 0.1) is 11.3 Å². The van der Waals surface area contributed by atoms with Crippen molar-refractivity contribution < 1.29 is 29.0 Å². The van der Waals surface area contributed by atoms with Crippen LogP contribution in [0.15, 0.2) is 6.07 Å². The van der Waals surface area contributed by atoms with Crippen LogP contribution in [0.4, 0.5) is 0 Å². The third-order valence-electron chi connectivity index (χ3n) is 6.26. The Morgan fingerprint density at radius 2 is 1.85 bits per heavy atom. The molecule has 0 spiro atoms. The van der Waals surface area contributed by atoms with Crippen molar-refractivity contribution in [2.75, 3.05) is 0 Å². The van der Waals surface area contributed by atoms with Gasteiger partial charge in [-0.1, -0.05) is 20.8 Å². The Morgan fingerprint density at radius 3 is 2.46 bits per heavy atom. The minimum Gasteiger partial charge on any atom is -0.504 e. The lowest BCUT2D eigenvalue weighted by Gasteiger charge is -2.48. The smallest absolute Gasteiger partial charge is 0.312 e. The zero-order valence-corrected chi connectivity index (χ0v) is 15.5. The molecule has 0 amide bonds. The highest BCUT2D eigenvalue weighted by Gasteiger charge is 2.66. The van der Waals surface area contributed by atoms with Gasteiger partial charge in [-0.2, -0.15) is 0 Å². The molecule has 2 aliphatic heterocycles. The average molecular weight is 358 g/mol. The SMILES string of the molecule is CC(C)c1cc2c3c(c1O)OC(=O)C[C@@]3(C)[C@@H]1[C@@H](OC(=O)C1(C)C)C2=O. The second-order valence-corrected chi connectivity index (χ2v) is 8.68. The van der Waals surface area contributed by atoms with Crippen molar-refractivity contribution in [3.8, 4) is 11.5 Å². The van der Waals surface area contributed by atoms with Crippen LogP contribution in [0.5, 0.6) is 11.5 Å². The number of ether oxygens (including phenoxy) is 2. The Morgan fingerprint density at radius 1 is 1.19 bits per heavy atom.